The van der Waals surface area contributed by atoms with E-state index in [0.29, 0.717) is 6.04 Å². The molecule has 1 aliphatic rings. The largest absolute Gasteiger partial charge is 0.468 e. The van der Waals surface area contributed by atoms with Crippen molar-refractivity contribution >= 4 is 0 Å². The maximum atomic E-state index is 5.51. The third-order valence-corrected chi connectivity index (χ3v) is 3.74. The normalized spacial score (nSPS) is 25.4. The number of likely N-dealkylation sites (N-methyl/N-ethyl adjacent to an activating group) is 2. The molecule has 2 heterocycles. The molecule has 1 aromatic heterocycles. The second kappa shape index (κ2) is 5.43. The lowest BCUT2D eigenvalue weighted by Gasteiger charge is -2.50. The SMILES string of the molecule is CNCC1CN(C)CC(C)(C)N1Cc1ccco1. The molecule has 0 amide bonds. The van der Waals surface area contributed by atoms with Gasteiger partial charge in [-0.2, -0.15) is 0 Å². The van der Waals surface area contributed by atoms with Crippen LogP contribution in [0.2, 0.25) is 0 Å². The van der Waals surface area contributed by atoms with Gasteiger partial charge < -0.3 is 14.6 Å². The highest BCUT2D eigenvalue weighted by molar-refractivity contribution is 5.03. The second-order valence-corrected chi connectivity index (χ2v) is 5.93. The van der Waals surface area contributed by atoms with Gasteiger partial charge >= 0.3 is 0 Å². The number of furan rings is 1. The minimum Gasteiger partial charge on any atom is -0.468 e. The van der Waals surface area contributed by atoms with Gasteiger partial charge in [-0.05, 0) is 40.1 Å². The molecule has 1 atom stereocenters. The first-order valence-corrected chi connectivity index (χ1v) is 6.65. The molecule has 102 valence electrons. The van der Waals surface area contributed by atoms with Crippen LogP contribution in [0, 0.1) is 0 Å². The standard InChI is InChI=1S/C14H25N3O/c1-14(2)11-16(4)9-12(8-15-3)17(14)10-13-6-5-7-18-13/h5-7,12,15H,8-11H2,1-4H3. The van der Waals surface area contributed by atoms with Crippen molar-refractivity contribution in [2.75, 3.05) is 33.7 Å². The van der Waals surface area contributed by atoms with Gasteiger partial charge in [0.2, 0.25) is 0 Å². The number of hydrogen-bond acceptors (Lipinski definition) is 4. The Morgan fingerprint density at radius 2 is 2.28 bits per heavy atom. The zero-order valence-electron chi connectivity index (χ0n) is 11.9. The van der Waals surface area contributed by atoms with Crippen molar-refractivity contribution in [2.45, 2.75) is 32.0 Å². The number of piperazine rings is 1. The number of nitrogens with one attached hydrogen (secondary N) is 1. The highest BCUT2D eigenvalue weighted by atomic mass is 16.3. The van der Waals surface area contributed by atoms with Gasteiger partial charge in [0.1, 0.15) is 5.76 Å². The van der Waals surface area contributed by atoms with Crippen LogP contribution in [0.4, 0.5) is 0 Å². The third-order valence-electron chi connectivity index (χ3n) is 3.74. The quantitative estimate of drug-likeness (QED) is 0.876. The molecule has 1 fully saturated rings. The summed E-state index contributed by atoms with van der Waals surface area (Å²) in [6.45, 7) is 8.72. The first kappa shape index (κ1) is 13.6. The Balaban J connectivity index is 2.15. The summed E-state index contributed by atoms with van der Waals surface area (Å²) in [6.07, 6.45) is 1.76. The first-order chi connectivity index (χ1) is 8.53. The van der Waals surface area contributed by atoms with Crippen molar-refractivity contribution < 1.29 is 4.42 Å². The Bertz CT molecular complexity index is 361. The van der Waals surface area contributed by atoms with E-state index in [0.717, 1.165) is 31.9 Å². The molecule has 18 heavy (non-hydrogen) atoms. The van der Waals surface area contributed by atoms with Crippen molar-refractivity contribution in [1.82, 2.24) is 15.1 Å². The maximum absolute atomic E-state index is 5.51. The summed E-state index contributed by atoms with van der Waals surface area (Å²) in [5.41, 5.74) is 0.168. The van der Waals surface area contributed by atoms with E-state index in [-0.39, 0.29) is 5.54 Å². The van der Waals surface area contributed by atoms with Crippen LogP contribution >= 0.6 is 0 Å². The summed E-state index contributed by atoms with van der Waals surface area (Å²) in [4.78, 5) is 4.98. The van der Waals surface area contributed by atoms with Crippen molar-refractivity contribution in [2.24, 2.45) is 0 Å². The molecular formula is C14H25N3O. The molecule has 0 spiro atoms. The topological polar surface area (TPSA) is 31.6 Å². The van der Waals surface area contributed by atoms with E-state index in [1.165, 1.54) is 0 Å². The van der Waals surface area contributed by atoms with E-state index in [4.69, 9.17) is 4.42 Å². The van der Waals surface area contributed by atoms with Crippen LogP contribution in [-0.2, 0) is 6.54 Å². The molecule has 4 heteroatoms. The summed E-state index contributed by atoms with van der Waals surface area (Å²) in [7, 11) is 4.22. The van der Waals surface area contributed by atoms with Gasteiger partial charge in [0, 0.05) is 31.2 Å². The molecule has 4 nitrogen and oxygen atoms in total. The lowest BCUT2D eigenvalue weighted by atomic mass is 9.94. The molecule has 0 saturated carbocycles. The molecule has 1 saturated heterocycles. The average Bonchev–Trinajstić information content (AvgIpc) is 2.75. The second-order valence-electron chi connectivity index (χ2n) is 5.93. The summed E-state index contributed by atoms with van der Waals surface area (Å²) < 4.78 is 5.51. The van der Waals surface area contributed by atoms with Crippen LogP contribution in [-0.4, -0.2) is 55.1 Å². The lowest BCUT2D eigenvalue weighted by Crippen LogP contribution is -2.64. The average molecular weight is 251 g/mol. The first-order valence-electron chi connectivity index (χ1n) is 6.65. The fourth-order valence-electron chi connectivity index (χ4n) is 3.09. The molecule has 0 aromatic carbocycles. The summed E-state index contributed by atoms with van der Waals surface area (Å²) in [6, 6.07) is 4.55. The van der Waals surface area contributed by atoms with E-state index >= 15 is 0 Å². The maximum Gasteiger partial charge on any atom is 0.117 e. The number of nitrogens with zero attached hydrogens (tertiary/aromatic N) is 2. The van der Waals surface area contributed by atoms with Gasteiger partial charge in [-0.25, -0.2) is 0 Å². The number of rotatable bonds is 4. The molecule has 0 bridgehead atoms. The van der Waals surface area contributed by atoms with E-state index in [9.17, 15) is 0 Å². The Morgan fingerprint density at radius 1 is 1.50 bits per heavy atom. The molecule has 0 radical (unpaired) electrons. The van der Waals surface area contributed by atoms with Gasteiger partial charge in [-0.15, -0.1) is 0 Å². The third kappa shape index (κ3) is 2.94. The molecule has 1 aliphatic heterocycles. The lowest BCUT2D eigenvalue weighted by molar-refractivity contribution is -0.0250. The van der Waals surface area contributed by atoms with Gasteiger partial charge in [0.05, 0.1) is 12.8 Å². The summed E-state index contributed by atoms with van der Waals surface area (Å²) >= 11 is 0. The zero-order chi connectivity index (χ0) is 13.2. The molecule has 1 aromatic rings. The summed E-state index contributed by atoms with van der Waals surface area (Å²) in [5.74, 6) is 1.05. The van der Waals surface area contributed by atoms with Gasteiger partial charge in [0.25, 0.3) is 0 Å². The molecule has 0 aliphatic carbocycles. The summed E-state index contributed by atoms with van der Waals surface area (Å²) in [5, 5.41) is 3.31. The monoisotopic (exact) mass is 251 g/mol. The van der Waals surface area contributed by atoms with Crippen molar-refractivity contribution in [1.29, 1.82) is 0 Å². The van der Waals surface area contributed by atoms with E-state index in [1.807, 2.05) is 13.1 Å². The Labute approximate surface area is 110 Å². The Kier molecular flexibility index (Phi) is 4.10. The highest BCUT2D eigenvalue weighted by Gasteiger charge is 2.38. The van der Waals surface area contributed by atoms with Crippen molar-refractivity contribution in [3.8, 4) is 0 Å². The van der Waals surface area contributed by atoms with Crippen LogP contribution in [0.25, 0.3) is 0 Å². The molecule has 1 unspecified atom stereocenters. The minimum absolute atomic E-state index is 0.168. The minimum atomic E-state index is 0.168. The van der Waals surface area contributed by atoms with Crippen LogP contribution in [0.1, 0.15) is 19.6 Å². The number of hydrogen-bond donors (Lipinski definition) is 1. The predicted molar refractivity (Wildman–Crippen MR) is 73.5 cm³/mol. The van der Waals surface area contributed by atoms with Crippen LogP contribution in [0.3, 0.4) is 0 Å². The van der Waals surface area contributed by atoms with Crippen LogP contribution in [0.5, 0.6) is 0 Å². The molecular weight excluding hydrogens is 226 g/mol. The molecule has 2 rings (SSSR count). The zero-order valence-corrected chi connectivity index (χ0v) is 11.9. The van der Waals surface area contributed by atoms with Crippen LogP contribution in [0.15, 0.2) is 22.8 Å². The Morgan fingerprint density at radius 3 is 2.89 bits per heavy atom. The van der Waals surface area contributed by atoms with Crippen molar-refractivity contribution in [3.63, 3.8) is 0 Å². The van der Waals surface area contributed by atoms with E-state index in [1.54, 1.807) is 6.26 Å². The smallest absolute Gasteiger partial charge is 0.117 e. The van der Waals surface area contributed by atoms with E-state index in [2.05, 4.69) is 42.1 Å². The fraction of sp³-hybridized carbons (Fsp3) is 0.714. The van der Waals surface area contributed by atoms with Crippen LogP contribution < -0.4 is 5.32 Å². The Hall–Kier alpha value is -0.840. The van der Waals surface area contributed by atoms with Gasteiger partial charge in [-0.3, -0.25) is 4.90 Å². The van der Waals surface area contributed by atoms with Gasteiger partial charge in [-0.1, -0.05) is 0 Å². The fourth-order valence-corrected chi connectivity index (χ4v) is 3.09. The van der Waals surface area contributed by atoms with Crippen molar-refractivity contribution in [3.05, 3.63) is 24.2 Å². The van der Waals surface area contributed by atoms with E-state index < -0.39 is 0 Å². The predicted octanol–water partition coefficient (Wildman–Crippen LogP) is 1.39. The van der Waals surface area contributed by atoms with Gasteiger partial charge in [0.15, 0.2) is 0 Å². The highest BCUT2D eigenvalue weighted by Crippen LogP contribution is 2.26. The molecule has 1 N–H and O–H groups in total.